The van der Waals surface area contributed by atoms with Crippen LogP contribution < -0.4 is 0 Å². The highest BCUT2D eigenvalue weighted by molar-refractivity contribution is 7.80. The Balaban J connectivity index is 0.00000196. The number of phenolic OH excluding ortho intramolecular Hbond substituents is 2. The summed E-state index contributed by atoms with van der Waals surface area (Å²) in [5.74, 6) is 0.891. The lowest BCUT2D eigenvalue weighted by Crippen LogP contribution is -2.17. The van der Waals surface area contributed by atoms with E-state index >= 15 is 0 Å². The molecule has 0 aliphatic heterocycles. The Kier molecular flexibility index (Phi) is 15.9. The number of benzene rings is 2. The molecule has 2 rings (SSSR count). The number of aryl methyl sites for hydroxylation is 2. The van der Waals surface area contributed by atoms with Crippen LogP contribution in [0.25, 0.3) is 0 Å². The van der Waals surface area contributed by atoms with Crippen LogP contribution in [0.2, 0.25) is 0 Å². The first kappa shape index (κ1) is 37.3. The van der Waals surface area contributed by atoms with E-state index in [9.17, 15) is 10.2 Å². The van der Waals surface area contributed by atoms with Crippen LogP contribution in [-0.2, 0) is 10.8 Å². The summed E-state index contributed by atoms with van der Waals surface area (Å²) in [7, 11) is 0. The van der Waals surface area contributed by atoms with Crippen molar-refractivity contribution in [3.8, 4) is 11.5 Å². The van der Waals surface area contributed by atoms with Gasteiger partial charge in [0, 0.05) is 11.2 Å². The largest absolute Gasteiger partial charge is 0.508 e. The maximum absolute atomic E-state index is 10.8. The first-order chi connectivity index (χ1) is 19.1. The third kappa shape index (κ3) is 12.2. The van der Waals surface area contributed by atoms with E-state index in [-0.39, 0.29) is 30.0 Å². The van der Waals surface area contributed by atoms with Gasteiger partial charge in [0.1, 0.15) is 11.5 Å². The molecule has 4 nitrogen and oxygen atoms in total. The Morgan fingerprint density at radius 1 is 0.659 bits per heavy atom. The van der Waals surface area contributed by atoms with E-state index in [4.69, 9.17) is 22.8 Å². The molecule has 0 saturated heterocycles. The summed E-state index contributed by atoms with van der Waals surface area (Å²) in [5.41, 5.74) is 6.38. The van der Waals surface area contributed by atoms with E-state index < -0.39 is 0 Å². The molecule has 0 bridgehead atoms. The number of unbranched alkanes of at least 4 members (excludes halogenated alkanes) is 6. The molecule has 0 saturated carbocycles. The number of hydrogen-bond donors (Lipinski definition) is 5. The minimum Gasteiger partial charge on any atom is -0.508 e. The topological polar surface area (TPSA) is 80.9 Å². The van der Waals surface area contributed by atoms with Crippen LogP contribution in [0, 0.1) is 13.8 Å². The molecule has 2 aromatic rings. The van der Waals surface area contributed by atoms with E-state index in [0.717, 1.165) is 35.1 Å². The Labute approximate surface area is 257 Å². The van der Waals surface area contributed by atoms with Gasteiger partial charge >= 0.3 is 0 Å². The first-order valence-corrected chi connectivity index (χ1v) is 16.2. The van der Waals surface area contributed by atoms with Gasteiger partial charge < -0.3 is 20.4 Å². The monoisotopic (exact) mass is 588 g/mol. The van der Waals surface area contributed by atoms with Crippen molar-refractivity contribution in [2.75, 3.05) is 13.2 Å². The van der Waals surface area contributed by atoms with Crippen LogP contribution in [0.4, 0.5) is 0 Å². The molecule has 0 amide bonds. The minimum absolute atomic E-state index is 0.125. The molecule has 0 aliphatic carbocycles. The maximum atomic E-state index is 10.8. The predicted octanol–water partition coefficient (Wildman–Crippen LogP) is 9.24. The van der Waals surface area contributed by atoms with E-state index in [1.807, 2.05) is 12.1 Å². The second-order valence-corrected chi connectivity index (χ2v) is 14.5. The van der Waals surface area contributed by atoms with Crippen molar-refractivity contribution in [3.05, 3.63) is 57.6 Å². The van der Waals surface area contributed by atoms with Gasteiger partial charge in [0.15, 0.2) is 0 Å². The summed E-state index contributed by atoms with van der Waals surface area (Å²) in [6, 6.07) is 8.33. The molecular formula is C36H60O4S. The zero-order valence-corrected chi connectivity index (χ0v) is 28.4. The van der Waals surface area contributed by atoms with E-state index in [0.29, 0.717) is 16.7 Å². The average Bonchev–Trinajstić information content (AvgIpc) is 2.86. The molecule has 0 radical (unpaired) electrons. The molecular weight excluding hydrogens is 528 g/mol. The molecule has 1 atom stereocenters. The lowest BCUT2D eigenvalue weighted by molar-refractivity contribution is 0.186. The van der Waals surface area contributed by atoms with Crippen LogP contribution in [0.3, 0.4) is 0 Å². The van der Waals surface area contributed by atoms with Crippen LogP contribution in [0.1, 0.15) is 146 Å². The highest BCUT2D eigenvalue weighted by Crippen LogP contribution is 2.43. The smallest absolute Gasteiger partial charge is 0.119 e. The van der Waals surface area contributed by atoms with Crippen molar-refractivity contribution in [3.63, 3.8) is 0 Å². The van der Waals surface area contributed by atoms with Crippen LogP contribution >= 0.6 is 12.6 Å². The second kappa shape index (κ2) is 17.4. The van der Waals surface area contributed by atoms with E-state index in [1.54, 1.807) is 0 Å². The summed E-state index contributed by atoms with van der Waals surface area (Å²) >= 11 is 5.10. The Hall–Kier alpha value is -1.69. The van der Waals surface area contributed by atoms with Gasteiger partial charge in [-0.2, -0.15) is 12.6 Å². The van der Waals surface area contributed by atoms with Gasteiger partial charge in [-0.15, -0.1) is 0 Å². The Bertz CT molecular complexity index is 978. The van der Waals surface area contributed by atoms with Crippen LogP contribution in [0.15, 0.2) is 24.3 Å². The lowest BCUT2D eigenvalue weighted by Gasteiger charge is -2.30. The van der Waals surface area contributed by atoms with Gasteiger partial charge in [-0.3, -0.25) is 0 Å². The van der Waals surface area contributed by atoms with Gasteiger partial charge in [0.2, 0.25) is 0 Å². The molecule has 41 heavy (non-hydrogen) atoms. The van der Waals surface area contributed by atoms with Crippen molar-refractivity contribution >= 4 is 12.6 Å². The SMILES string of the molecule is CCCCCCCCCC(S)CC(c1cc(C(C)(C)C)c(O)cc1C)c1cc(C(C)(C)C)c(O)cc1C.OCCO. The summed E-state index contributed by atoms with van der Waals surface area (Å²) in [6.07, 6.45) is 11.2. The number of hydrogen-bond acceptors (Lipinski definition) is 5. The molecule has 1 unspecified atom stereocenters. The Morgan fingerprint density at radius 3 is 1.41 bits per heavy atom. The maximum Gasteiger partial charge on any atom is 0.119 e. The Morgan fingerprint density at radius 2 is 1.05 bits per heavy atom. The fourth-order valence-electron chi connectivity index (χ4n) is 5.52. The van der Waals surface area contributed by atoms with Gasteiger partial charge in [-0.05, 0) is 83.0 Å². The number of thiol groups is 1. The molecule has 0 aliphatic rings. The third-order valence-electron chi connectivity index (χ3n) is 7.88. The summed E-state index contributed by atoms with van der Waals surface area (Å²) in [6.45, 7) is 19.2. The third-order valence-corrected chi connectivity index (χ3v) is 8.35. The number of rotatable bonds is 13. The van der Waals surface area contributed by atoms with Gasteiger partial charge in [-0.25, -0.2) is 0 Å². The molecule has 5 heteroatoms. The average molecular weight is 589 g/mol. The number of aliphatic hydroxyl groups is 2. The number of aromatic hydroxyl groups is 2. The molecule has 0 aromatic heterocycles. The zero-order valence-electron chi connectivity index (χ0n) is 27.5. The highest BCUT2D eigenvalue weighted by Gasteiger charge is 2.28. The first-order valence-electron chi connectivity index (χ1n) is 15.7. The molecule has 0 fully saturated rings. The fourth-order valence-corrected chi connectivity index (χ4v) is 5.91. The normalized spacial score (nSPS) is 12.8. The van der Waals surface area contributed by atoms with Crippen molar-refractivity contribution in [1.29, 1.82) is 0 Å². The second-order valence-electron chi connectivity index (χ2n) is 13.8. The predicted molar refractivity (Wildman–Crippen MR) is 179 cm³/mol. The van der Waals surface area contributed by atoms with Crippen molar-refractivity contribution in [1.82, 2.24) is 0 Å². The van der Waals surface area contributed by atoms with E-state index in [2.05, 4.69) is 74.4 Å². The standard InChI is InChI=1S/C34H54O2S.C2H6O2/c1-10-11-12-13-14-15-16-17-25(37)20-28(26-21-29(33(4,5)6)31(35)18-23(26)2)27-22-30(34(7,8)9)32(36)19-24(27)3;3-1-2-4/h18-19,21-22,25,28,35-37H,10-17,20H2,1-9H3;3-4H,1-2H2. The lowest BCUT2D eigenvalue weighted by atomic mass is 9.76. The van der Waals surface area contributed by atoms with Gasteiger partial charge in [-0.1, -0.05) is 106 Å². The van der Waals surface area contributed by atoms with Crippen molar-refractivity contribution in [2.24, 2.45) is 0 Å². The fraction of sp³-hybridized carbons (Fsp3) is 0.667. The highest BCUT2D eigenvalue weighted by atomic mass is 32.1. The summed E-state index contributed by atoms with van der Waals surface area (Å²) in [4.78, 5) is 0. The zero-order chi connectivity index (χ0) is 31.4. The number of aliphatic hydroxyl groups excluding tert-OH is 2. The summed E-state index contributed by atoms with van der Waals surface area (Å²) in [5, 5.41) is 37.1. The summed E-state index contributed by atoms with van der Waals surface area (Å²) < 4.78 is 0. The molecule has 234 valence electrons. The molecule has 2 aromatic carbocycles. The van der Waals surface area contributed by atoms with Crippen LogP contribution in [-0.4, -0.2) is 38.9 Å². The van der Waals surface area contributed by atoms with Crippen LogP contribution in [0.5, 0.6) is 11.5 Å². The molecule has 4 N–H and O–H groups in total. The van der Waals surface area contributed by atoms with Gasteiger partial charge in [0.05, 0.1) is 13.2 Å². The molecule has 0 heterocycles. The quantitative estimate of drug-likeness (QED) is 0.119. The minimum atomic E-state index is -0.157. The van der Waals surface area contributed by atoms with Crippen molar-refractivity contribution < 1.29 is 20.4 Å². The van der Waals surface area contributed by atoms with Crippen molar-refractivity contribution in [2.45, 2.75) is 142 Å². The van der Waals surface area contributed by atoms with E-state index in [1.165, 1.54) is 56.1 Å². The van der Waals surface area contributed by atoms with Gasteiger partial charge in [0.25, 0.3) is 0 Å². The molecule has 0 spiro atoms. The number of phenols is 2.